The topological polar surface area (TPSA) is 101 Å². The standard InChI is InChI=1S/C18H21N3O4S/c1-4-15(26-18-20-14(10-25-3)9-16(23)21-18)17(24)19-13-7-5-12(6-8-13)11(2)22/h5-9,15H,4,10H2,1-3H3,(H,19,24)(H,20,21,23). The molecule has 138 valence electrons. The molecule has 2 aromatic rings. The summed E-state index contributed by atoms with van der Waals surface area (Å²) >= 11 is 1.19. The van der Waals surface area contributed by atoms with E-state index in [4.69, 9.17) is 4.74 Å². The van der Waals surface area contributed by atoms with Crippen molar-refractivity contribution in [3.8, 4) is 0 Å². The van der Waals surface area contributed by atoms with Gasteiger partial charge in [-0.05, 0) is 37.6 Å². The van der Waals surface area contributed by atoms with Gasteiger partial charge in [-0.3, -0.25) is 14.4 Å². The molecular weight excluding hydrogens is 354 g/mol. The second kappa shape index (κ2) is 9.30. The van der Waals surface area contributed by atoms with Gasteiger partial charge in [0.1, 0.15) is 0 Å². The van der Waals surface area contributed by atoms with E-state index in [-0.39, 0.29) is 23.9 Å². The van der Waals surface area contributed by atoms with Crippen molar-refractivity contribution >= 4 is 29.1 Å². The Labute approximate surface area is 155 Å². The van der Waals surface area contributed by atoms with Crippen molar-refractivity contribution in [1.82, 2.24) is 9.97 Å². The number of aromatic amines is 1. The molecule has 0 aliphatic heterocycles. The van der Waals surface area contributed by atoms with E-state index in [0.29, 0.717) is 28.5 Å². The van der Waals surface area contributed by atoms with E-state index in [9.17, 15) is 14.4 Å². The van der Waals surface area contributed by atoms with E-state index in [2.05, 4.69) is 15.3 Å². The van der Waals surface area contributed by atoms with Crippen LogP contribution in [0.25, 0.3) is 0 Å². The van der Waals surface area contributed by atoms with Crippen LogP contribution in [0.2, 0.25) is 0 Å². The number of methoxy groups -OCH3 is 1. The van der Waals surface area contributed by atoms with Crippen molar-refractivity contribution in [3.63, 3.8) is 0 Å². The third-order valence-electron chi connectivity index (χ3n) is 3.54. The van der Waals surface area contributed by atoms with Crippen LogP contribution in [0.3, 0.4) is 0 Å². The van der Waals surface area contributed by atoms with Gasteiger partial charge in [0.2, 0.25) is 5.91 Å². The van der Waals surface area contributed by atoms with Gasteiger partial charge in [0.25, 0.3) is 5.56 Å². The third kappa shape index (κ3) is 5.53. The van der Waals surface area contributed by atoms with Gasteiger partial charge in [0.15, 0.2) is 10.9 Å². The fourth-order valence-electron chi connectivity index (χ4n) is 2.23. The number of ether oxygens (including phenoxy) is 1. The summed E-state index contributed by atoms with van der Waals surface area (Å²) in [5, 5.41) is 2.76. The normalized spacial score (nSPS) is 11.8. The molecule has 1 amide bonds. The highest BCUT2D eigenvalue weighted by Crippen LogP contribution is 2.23. The number of carbonyl (C=O) groups excluding carboxylic acids is 2. The number of H-pyrrole nitrogens is 1. The van der Waals surface area contributed by atoms with Crippen molar-refractivity contribution < 1.29 is 14.3 Å². The van der Waals surface area contributed by atoms with Crippen LogP contribution in [0.5, 0.6) is 0 Å². The van der Waals surface area contributed by atoms with Crippen LogP contribution >= 0.6 is 11.8 Å². The minimum Gasteiger partial charge on any atom is -0.378 e. The number of benzene rings is 1. The number of nitrogens with zero attached hydrogens (tertiary/aromatic N) is 1. The highest BCUT2D eigenvalue weighted by molar-refractivity contribution is 8.00. The predicted molar refractivity (Wildman–Crippen MR) is 101 cm³/mol. The summed E-state index contributed by atoms with van der Waals surface area (Å²) in [7, 11) is 1.52. The molecule has 26 heavy (non-hydrogen) atoms. The molecule has 0 spiro atoms. The van der Waals surface area contributed by atoms with Gasteiger partial charge in [-0.2, -0.15) is 0 Å². The largest absolute Gasteiger partial charge is 0.378 e. The summed E-state index contributed by atoms with van der Waals surface area (Å²) in [5.41, 5.74) is 1.41. The molecular formula is C18H21N3O4S. The van der Waals surface area contributed by atoms with Gasteiger partial charge in [0.05, 0.1) is 17.6 Å². The minimum absolute atomic E-state index is 0.0316. The highest BCUT2D eigenvalue weighted by atomic mass is 32.2. The number of aromatic nitrogens is 2. The molecule has 1 aromatic heterocycles. The van der Waals surface area contributed by atoms with Gasteiger partial charge >= 0.3 is 0 Å². The van der Waals surface area contributed by atoms with Crippen molar-refractivity contribution in [3.05, 3.63) is 51.9 Å². The van der Waals surface area contributed by atoms with E-state index in [1.54, 1.807) is 24.3 Å². The number of nitrogens with one attached hydrogen (secondary N) is 2. The Morgan fingerprint density at radius 1 is 1.31 bits per heavy atom. The summed E-state index contributed by atoms with van der Waals surface area (Å²) in [6.45, 7) is 3.60. The number of anilines is 1. The lowest BCUT2D eigenvalue weighted by Gasteiger charge is -2.14. The molecule has 0 aliphatic rings. The summed E-state index contributed by atoms with van der Waals surface area (Å²) in [6, 6.07) is 8.07. The fraction of sp³-hybridized carbons (Fsp3) is 0.333. The zero-order valence-corrected chi connectivity index (χ0v) is 15.7. The Morgan fingerprint density at radius 3 is 2.58 bits per heavy atom. The molecule has 0 saturated carbocycles. The second-order valence-electron chi connectivity index (χ2n) is 5.61. The van der Waals surface area contributed by atoms with Crippen molar-refractivity contribution in [2.24, 2.45) is 0 Å². The fourth-order valence-corrected chi connectivity index (χ4v) is 3.16. The average Bonchev–Trinajstić information content (AvgIpc) is 2.60. The Balaban J connectivity index is 2.09. The van der Waals surface area contributed by atoms with Crippen LogP contribution in [0.15, 0.2) is 40.3 Å². The van der Waals surface area contributed by atoms with Crippen molar-refractivity contribution in [1.29, 1.82) is 0 Å². The first-order valence-corrected chi connectivity index (χ1v) is 8.98. The lowest BCUT2D eigenvalue weighted by atomic mass is 10.1. The van der Waals surface area contributed by atoms with E-state index in [1.807, 2.05) is 6.92 Å². The third-order valence-corrected chi connectivity index (χ3v) is 4.79. The van der Waals surface area contributed by atoms with Crippen LogP contribution in [-0.2, 0) is 16.1 Å². The van der Waals surface area contributed by atoms with E-state index >= 15 is 0 Å². The summed E-state index contributed by atoms with van der Waals surface area (Å²) < 4.78 is 4.99. The van der Waals surface area contributed by atoms with Gasteiger partial charge in [-0.1, -0.05) is 18.7 Å². The highest BCUT2D eigenvalue weighted by Gasteiger charge is 2.20. The van der Waals surface area contributed by atoms with E-state index < -0.39 is 5.25 Å². The first-order valence-electron chi connectivity index (χ1n) is 8.10. The van der Waals surface area contributed by atoms with Gasteiger partial charge < -0.3 is 15.0 Å². The van der Waals surface area contributed by atoms with Crippen LogP contribution < -0.4 is 10.9 Å². The molecule has 2 rings (SSSR count). The number of hydrogen-bond donors (Lipinski definition) is 2. The number of Topliss-reactive ketones (excluding diaryl/α,β-unsaturated/α-hetero) is 1. The zero-order valence-electron chi connectivity index (χ0n) is 14.9. The Morgan fingerprint density at radius 2 is 2.00 bits per heavy atom. The minimum atomic E-state index is -0.427. The van der Waals surface area contributed by atoms with Crippen LogP contribution in [0, 0.1) is 0 Å². The SMILES string of the molecule is CCC(Sc1nc(COC)cc(=O)[nH]1)C(=O)Nc1ccc(C(C)=O)cc1. The Bertz CT molecular complexity index is 833. The molecule has 0 bridgehead atoms. The monoisotopic (exact) mass is 375 g/mol. The number of ketones is 1. The molecule has 1 atom stereocenters. The zero-order chi connectivity index (χ0) is 19.1. The molecule has 0 saturated heterocycles. The number of amides is 1. The number of thioether (sulfide) groups is 1. The average molecular weight is 375 g/mol. The van der Waals surface area contributed by atoms with Crippen molar-refractivity contribution in [2.75, 3.05) is 12.4 Å². The van der Waals surface area contributed by atoms with Gasteiger partial charge in [-0.15, -0.1) is 0 Å². The second-order valence-corrected chi connectivity index (χ2v) is 6.80. The first-order chi connectivity index (χ1) is 12.4. The van der Waals surface area contributed by atoms with Crippen LogP contribution in [0.1, 0.15) is 36.3 Å². The van der Waals surface area contributed by atoms with Crippen LogP contribution in [0.4, 0.5) is 5.69 Å². The lowest BCUT2D eigenvalue weighted by molar-refractivity contribution is -0.115. The molecule has 0 fully saturated rings. The number of hydrogen-bond acceptors (Lipinski definition) is 6. The summed E-state index contributed by atoms with van der Waals surface area (Å²) in [6.07, 6.45) is 0.556. The molecule has 1 aromatic carbocycles. The van der Waals surface area contributed by atoms with Crippen LogP contribution in [-0.4, -0.2) is 34.0 Å². The predicted octanol–water partition coefficient (Wildman–Crippen LogP) is 2.63. The molecule has 1 unspecified atom stereocenters. The van der Waals surface area contributed by atoms with Gasteiger partial charge in [-0.25, -0.2) is 4.98 Å². The molecule has 0 radical (unpaired) electrons. The molecule has 2 N–H and O–H groups in total. The maximum atomic E-state index is 12.5. The molecule has 8 heteroatoms. The maximum absolute atomic E-state index is 12.5. The number of carbonyl (C=O) groups is 2. The van der Waals surface area contributed by atoms with E-state index in [1.165, 1.54) is 31.9 Å². The lowest BCUT2D eigenvalue weighted by Crippen LogP contribution is -2.25. The first kappa shape index (κ1) is 19.9. The smallest absolute Gasteiger partial charge is 0.251 e. The molecule has 0 aliphatic carbocycles. The Kier molecular flexibility index (Phi) is 7.11. The molecule has 1 heterocycles. The number of rotatable bonds is 8. The summed E-state index contributed by atoms with van der Waals surface area (Å²) in [5.74, 6) is -0.233. The quantitative estimate of drug-likeness (QED) is 0.418. The van der Waals surface area contributed by atoms with Gasteiger partial charge in [0, 0.05) is 24.4 Å². The van der Waals surface area contributed by atoms with Crippen molar-refractivity contribution in [2.45, 2.75) is 37.3 Å². The summed E-state index contributed by atoms with van der Waals surface area (Å²) in [4.78, 5) is 42.5. The molecule has 7 nitrogen and oxygen atoms in total. The Hall–Kier alpha value is -2.45. The van der Waals surface area contributed by atoms with E-state index in [0.717, 1.165) is 0 Å². The maximum Gasteiger partial charge on any atom is 0.251 e.